The highest BCUT2D eigenvalue weighted by molar-refractivity contribution is 5.69. The first-order chi connectivity index (χ1) is 9.29. The van der Waals surface area contributed by atoms with Gasteiger partial charge in [-0.1, -0.05) is 42.5 Å². The molecule has 1 aromatic rings. The third kappa shape index (κ3) is 3.95. The molecule has 0 aromatic heterocycles. The van der Waals surface area contributed by atoms with Crippen molar-refractivity contribution in [1.29, 1.82) is 0 Å². The fourth-order valence-corrected chi connectivity index (χ4v) is 2.06. The summed E-state index contributed by atoms with van der Waals surface area (Å²) in [5.74, 6) is -0.158. The van der Waals surface area contributed by atoms with Crippen LogP contribution in [-0.4, -0.2) is 18.4 Å². The van der Waals surface area contributed by atoms with Crippen LogP contribution < -0.4 is 5.32 Å². The van der Waals surface area contributed by atoms with E-state index in [1.807, 2.05) is 42.5 Å². The van der Waals surface area contributed by atoms with Gasteiger partial charge in [-0.25, -0.2) is 4.79 Å². The van der Waals surface area contributed by atoms with Gasteiger partial charge in [0.1, 0.15) is 12.9 Å². The summed E-state index contributed by atoms with van der Waals surface area (Å²) >= 11 is 0. The van der Waals surface area contributed by atoms with E-state index in [1.165, 1.54) is 0 Å². The Balaban J connectivity index is 1.82. The number of aldehydes is 1. The molecule has 4 heteroatoms. The Bertz CT molecular complexity index is 456. The Kier molecular flexibility index (Phi) is 4.72. The van der Waals surface area contributed by atoms with Crippen molar-refractivity contribution in [1.82, 2.24) is 5.32 Å². The highest BCUT2D eigenvalue weighted by atomic mass is 16.5. The first-order valence-corrected chi connectivity index (χ1v) is 6.39. The third-order valence-electron chi connectivity index (χ3n) is 3.14. The molecular weight excluding hydrogens is 242 g/mol. The summed E-state index contributed by atoms with van der Waals surface area (Å²) in [4.78, 5) is 22.6. The maximum absolute atomic E-state index is 11.7. The molecule has 0 spiro atoms. The summed E-state index contributed by atoms with van der Waals surface area (Å²) < 4.78 is 5.12. The van der Waals surface area contributed by atoms with Crippen LogP contribution in [0, 0.1) is 5.92 Å². The lowest BCUT2D eigenvalue weighted by Crippen LogP contribution is -2.41. The predicted molar refractivity (Wildman–Crippen MR) is 71.5 cm³/mol. The topological polar surface area (TPSA) is 55.4 Å². The minimum absolute atomic E-state index is 0.158. The second kappa shape index (κ2) is 6.73. The molecule has 0 aliphatic heterocycles. The average molecular weight is 259 g/mol. The van der Waals surface area contributed by atoms with Crippen LogP contribution in [0.25, 0.3) is 0 Å². The molecule has 1 aliphatic rings. The largest absolute Gasteiger partial charge is 0.445 e. The van der Waals surface area contributed by atoms with Gasteiger partial charge in [-0.15, -0.1) is 0 Å². The van der Waals surface area contributed by atoms with Gasteiger partial charge in [0, 0.05) is 5.92 Å². The zero-order valence-electron chi connectivity index (χ0n) is 10.6. The van der Waals surface area contributed by atoms with Crippen LogP contribution in [0.5, 0.6) is 0 Å². The van der Waals surface area contributed by atoms with Crippen LogP contribution in [0.15, 0.2) is 42.5 Å². The molecule has 19 heavy (non-hydrogen) atoms. The van der Waals surface area contributed by atoms with Gasteiger partial charge in [-0.2, -0.15) is 0 Å². The number of rotatable bonds is 4. The van der Waals surface area contributed by atoms with Crippen molar-refractivity contribution in [2.75, 3.05) is 0 Å². The van der Waals surface area contributed by atoms with Crippen molar-refractivity contribution in [2.24, 2.45) is 5.92 Å². The minimum atomic E-state index is -0.493. The van der Waals surface area contributed by atoms with Crippen molar-refractivity contribution >= 4 is 12.4 Å². The Morgan fingerprint density at radius 3 is 2.89 bits per heavy atom. The van der Waals surface area contributed by atoms with Crippen molar-refractivity contribution in [3.63, 3.8) is 0 Å². The molecular formula is C15H17NO3. The van der Waals surface area contributed by atoms with Crippen LogP contribution in [0.2, 0.25) is 0 Å². The SMILES string of the molecule is O=C[C@@H]1CCC=C[C@@H]1NC(=O)OCc1ccccc1. The number of alkyl carbamates (subject to hydrolysis) is 1. The number of benzene rings is 1. The van der Waals surface area contributed by atoms with Crippen molar-refractivity contribution in [3.8, 4) is 0 Å². The second-order valence-electron chi connectivity index (χ2n) is 4.54. The van der Waals surface area contributed by atoms with E-state index in [0.29, 0.717) is 0 Å². The number of carbonyl (C=O) groups excluding carboxylic acids is 2. The smallest absolute Gasteiger partial charge is 0.407 e. The van der Waals surface area contributed by atoms with Crippen LogP contribution in [0.1, 0.15) is 18.4 Å². The zero-order chi connectivity index (χ0) is 13.5. The van der Waals surface area contributed by atoms with Crippen LogP contribution >= 0.6 is 0 Å². The molecule has 2 rings (SSSR count). The van der Waals surface area contributed by atoms with Crippen molar-refractivity contribution < 1.29 is 14.3 Å². The standard InChI is InChI=1S/C15H17NO3/c17-10-13-8-4-5-9-14(13)16-15(18)19-11-12-6-2-1-3-7-12/h1-3,5-7,9-10,13-14H,4,8,11H2,(H,16,18)/t13-,14-/m0/s1. The van der Waals surface area contributed by atoms with E-state index >= 15 is 0 Å². The summed E-state index contributed by atoms with van der Waals surface area (Å²) in [6.45, 7) is 0.231. The fraction of sp³-hybridized carbons (Fsp3) is 0.333. The predicted octanol–water partition coefficient (Wildman–Crippen LogP) is 2.45. The Morgan fingerprint density at radius 1 is 1.37 bits per heavy atom. The fourth-order valence-electron chi connectivity index (χ4n) is 2.06. The van der Waals surface area contributed by atoms with Gasteiger partial charge in [0.25, 0.3) is 0 Å². The highest BCUT2D eigenvalue weighted by Crippen LogP contribution is 2.16. The lowest BCUT2D eigenvalue weighted by atomic mass is 9.91. The summed E-state index contributed by atoms with van der Waals surface area (Å²) in [6, 6.07) is 9.22. The molecule has 0 heterocycles. The molecule has 0 saturated carbocycles. The average Bonchev–Trinajstić information content (AvgIpc) is 2.47. The number of ether oxygens (including phenoxy) is 1. The number of hydrogen-bond donors (Lipinski definition) is 1. The molecule has 100 valence electrons. The maximum Gasteiger partial charge on any atom is 0.407 e. The molecule has 0 bridgehead atoms. The number of nitrogens with one attached hydrogen (secondary N) is 1. The number of amides is 1. The van der Waals surface area contributed by atoms with E-state index < -0.39 is 6.09 Å². The molecule has 2 atom stereocenters. The first-order valence-electron chi connectivity index (χ1n) is 6.39. The summed E-state index contributed by atoms with van der Waals surface area (Å²) in [5.41, 5.74) is 0.934. The molecule has 1 aromatic carbocycles. The van der Waals surface area contributed by atoms with Gasteiger partial charge in [-0.3, -0.25) is 0 Å². The van der Waals surface area contributed by atoms with Crippen molar-refractivity contribution in [3.05, 3.63) is 48.0 Å². The maximum atomic E-state index is 11.7. The molecule has 0 saturated heterocycles. The van der Waals surface area contributed by atoms with E-state index in [9.17, 15) is 9.59 Å². The van der Waals surface area contributed by atoms with Gasteiger partial charge < -0.3 is 14.8 Å². The molecule has 0 fully saturated rings. The Hall–Kier alpha value is -2.10. The highest BCUT2D eigenvalue weighted by Gasteiger charge is 2.23. The van der Waals surface area contributed by atoms with E-state index in [-0.39, 0.29) is 18.6 Å². The number of allylic oxidation sites excluding steroid dienone is 1. The first kappa shape index (κ1) is 13.3. The Labute approximate surface area is 112 Å². The van der Waals surface area contributed by atoms with E-state index in [1.54, 1.807) is 0 Å². The van der Waals surface area contributed by atoms with Gasteiger partial charge in [0.15, 0.2) is 0 Å². The zero-order valence-corrected chi connectivity index (χ0v) is 10.6. The van der Waals surface area contributed by atoms with Crippen LogP contribution in [-0.2, 0) is 16.1 Å². The molecule has 4 nitrogen and oxygen atoms in total. The van der Waals surface area contributed by atoms with Gasteiger partial charge in [-0.05, 0) is 18.4 Å². The third-order valence-corrected chi connectivity index (χ3v) is 3.14. The summed E-state index contributed by atoms with van der Waals surface area (Å²) in [7, 11) is 0. The van der Waals surface area contributed by atoms with E-state index in [4.69, 9.17) is 4.74 Å². The molecule has 1 N–H and O–H groups in total. The monoisotopic (exact) mass is 259 g/mol. The van der Waals surface area contributed by atoms with Gasteiger partial charge >= 0.3 is 6.09 Å². The summed E-state index contributed by atoms with van der Waals surface area (Å²) in [5, 5.41) is 2.71. The van der Waals surface area contributed by atoms with Crippen LogP contribution in [0.4, 0.5) is 4.79 Å². The number of hydrogen-bond acceptors (Lipinski definition) is 3. The normalized spacial score (nSPS) is 21.7. The lowest BCUT2D eigenvalue weighted by molar-refractivity contribution is -0.111. The van der Waals surface area contributed by atoms with Gasteiger partial charge in [0.2, 0.25) is 0 Å². The summed E-state index contributed by atoms with van der Waals surface area (Å²) in [6.07, 6.45) is 5.87. The molecule has 0 radical (unpaired) electrons. The van der Waals surface area contributed by atoms with Crippen molar-refractivity contribution in [2.45, 2.75) is 25.5 Å². The second-order valence-corrected chi connectivity index (χ2v) is 4.54. The molecule has 0 unspecified atom stereocenters. The van der Waals surface area contributed by atoms with Crippen LogP contribution in [0.3, 0.4) is 0 Å². The van der Waals surface area contributed by atoms with Gasteiger partial charge in [0.05, 0.1) is 6.04 Å². The van der Waals surface area contributed by atoms with E-state index in [0.717, 1.165) is 24.7 Å². The minimum Gasteiger partial charge on any atom is -0.445 e. The lowest BCUT2D eigenvalue weighted by Gasteiger charge is -2.23. The quantitative estimate of drug-likeness (QED) is 0.667. The molecule has 1 aliphatic carbocycles. The Morgan fingerprint density at radius 2 is 2.16 bits per heavy atom. The van der Waals surface area contributed by atoms with E-state index in [2.05, 4.69) is 5.32 Å². The molecule has 1 amide bonds. The number of carbonyl (C=O) groups is 2.